The highest BCUT2D eigenvalue weighted by Gasteiger charge is 2.16. The molecule has 1 amide bonds. The van der Waals surface area contributed by atoms with Crippen LogP contribution in [0.15, 0.2) is 18.2 Å². The van der Waals surface area contributed by atoms with Gasteiger partial charge in [0, 0.05) is 24.3 Å². The predicted octanol–water partition coefficient (Wildman–Crippen LogP) is 3.75. The number of hydrogen-bond donors (Lipinski definition) is 2. The van der Waals surface area contributed by atoms with E-state index in [2.05, 4.69) is 15.4 Å². The summed E-state index contributed by atoms with van der Waals surface area (Å²) in [6.07, 6.45) is -0.557. The smallest absolute Gasteiger partial charge is 0.407 e. The van der Waals surface area contributed by atoms with Crippen LogP contribution in [0.1, 0.15) is 27.7 Å². The molecule has 0 heterocycles. The lowest BCUT2D eigenvalue weighted by molar-refractivity contribution is -0.0521. The summed E-state index contributed by atoms with van der Waals surface area (Å²) in [4.78, 5) is 11.5. The van der Waals surface area contributed by atoms with E-state index in [0.29, 0.717) is 5.69 Å². The Hall–Kier alpha value is -2.12. The molecule has 0 saturated heterocycles. The van der Waals surface area contributed by atoms with Crippen LogP contribution in [0.2, 0.25) is 0 Å². The van der Waals surface area contributed by atoms with Gasteiger partial charge >= 0.3 is 12.7 Å². The molecule has 0 fully saturated rings. The minimum atomic E-state index is -3.08. The van der Waals surface area contributed by atoms with Crippen LogP contribution < -0.4 is 15.4 Å². The lowest BCUT2D eigenvalue weighted by Crippen LogP contribution is -2.38. The van der Waals surface area contributed by atoms with Crippen molar-refractivity contribution in [2.75, 3.05) is 11.9 Å². The molecular weight excluding hydrogens is 313 g/mol. The third-order valence-electron chi connectivity index (χ3n) is 2.51. The summed E-state index contributed by atoms with van der Waals surface area (Å²) in [6, 6.07) is 3.33. The molecule has 1 unspecified atom stereocenters. The van der Waals surface area contributed by atoms with Crippen molar-refractivity contribution in [2.45, 2.75) is 45.9 Å². The first-order valence-electron chi connectivity index (χ1n) is 7.04. The van der Waals surface area contributed by atoms with E-state index in [4.69, 9.17) is 4.74 Å². The Bertz CT molecular complexity index is 533. The van der Waals surface area contributed by atoms with Crippen molar-refractivity contribution >= 4 is 11.8 Å². The zero-order chi connectivity index (χ0) is 17.6. The van der Waals surface area contributed by atoms with E-state index in [1.165, 1.54) is 6.07 Å². The topological polar surface area (TPSA) is 59.6 Å². The number of carbonyl (C=O) groups excluding carboxylic acids is 1. The van der Waals surface area contributed by atoms with Crippen molar-refractivity contribution in [3.63, 3.8) is 0 Å². The molecule has 0 spiro atoms. The Kier molecular flexibility index (Phi) is 6.53. The van der Waals surface area contributed by atoms with E-state index in [1.54, 1.807) is 27.7 Å². The summed E-state index contributed by atoms with van der Waals surface area (Å²) < 4.78 is 46.8. The molecule has 1 rings (SSSR count). The summed E-state index contributed by atoms with van der Waals surface area (Å²) in [5.41, 5.74) is -0.215. The van der Waals surface area contributed by atoms with E-state index < -0.39 is 29.9 Å². The summed E-state index contributed by atoms with van der Waals surface area (Å²) in [7, 11) is 0. The van der Waals surface area contributed by atoms with Crippen LogP contribution in [0, 0.1) is 5.82 Å². The molecule has 8 heteroatoms. The number of nitrogens with one attached hydrogen (secondary N) is 2. The van der Waals surface area contributed by atoms with Gasteiger partial charge in [-0.05, 0) is 39.8 Å². The molecule has 2 N–H and O–H groups in total. The number of benzene rings is 1. The summed E-state index contributed by atoms with van der Waals surface area (Å²) in [5, 5.41) is 5.50. The van der Waals surface area contributed by atoms with Gasteiger partial charge in [-0.15, -0.1) is 0 Å². The Labute approximate surface area is 133 Å². The number of amides is 1. The lowest BCUT2D eigenvalue weighted by atomic mass is 10.2. The Morgan fingerprint density at radius 2 is 1.96 bits per heavy atom. The van der Waals surface area contributed by atoms with Crippen LogP contribution in [-0.2, 0) is 4.74 Å². The number of alkyl halides is 2. The number of halogens is 3. The second-order valence-corrected chi connectivity index (χ2v) is 5.95. The van der Waals surface area contributed by atoms with Crippen LogP contribution in [0.4, 0.5) is 23.7 Å². The summed E-state index contributed by atoms with van der Waals surface area (Å²) in [6.45, 7) is 4.17. The highest BCUT2D eigenvalue weighted by atomic mass is 19.3. The highest BCUT2D eigenvalue weighted by Crippen LogP contribution is 2.23. The molecule has 0 aliphatic rings. The zero-order valence-electron chi connectivity index (χ0n) is 13.5. The third-order valence-corrected chi connectivity index (χ3v) is 2.51. The van der Waals surface area contributed by atoms with Gasteiger partial charge in [-0.3, -0.25) is 0 Å². The maximum Gasteiger partial charge on any atom is 0.407 e. The van der Waals surface area contributed by atoms with Gasteiger partial charge in [-0.25, -0.2) is 9.18 Å². The monoisotopic (exact) mass is 334 g/mol. The Morgan fingerprint density at radius 1 is 1.30 bits per heavy atom. The van der Waals surface area contributed by atoms with Crippen LogP contribution >= 0.6 is 0 Å². The molecule has 0 saturated carbocycles. The molecule has 0 bridgehead atoms. The van der Waals surface area contributed by atoms with Crippen LogP contribution in [0.5, 0.6) is 5.75 Å². The summed E-state index contributed by atoms with van der Waals surface area (Å²) >= 11 is 0. The lowest BCUT2D eigenvalue weighted by Gasteiger charge is -2.21. The average Bonchev–Trinajstić information content (AvgIpc) is 2.37. The second-order valence-electron chi connectivity index (χ2n) is 5.95. The normalized spacial score (nSPS) is 12.7. The molecule has 0 aliphatic carbocycles. The van der Waals surface area contributed by atoms with Gasteiger partial charge < -0.3 is 20.1 Å². The van der Waals surface area contributed by atoms with Crippen LogP contribution in [0.3, 0.4) is 0 Å². The molecule has 1 atom stereocenters. The zero-order valence-corrected chi connectivity index (χ0v) is 13.5. The Balaban J connectivity index is 2.50. The quantitative estimate of drug-likeness (QED) is 0.832. The van der Waals surface area contributed by atoms with Gasteiger partial charge in [0.25, 0.3) is 0 Å². The van der Waals surface area contributed by atoms with E-state index in [1.807, 2.05) is 0 Å². The minimum Gasteiger partial charge on any atom is -0.444 e. The first-order chi connectivity index (χ1) is 10.6. The summed E-state index contributed by atoms with van der Waals surface area (Å²) in [5.74, 6) is -1.42. The number of carbonyl (C=O) groups is 1. The molecule has 0 radical (unpaired) electrons. The molecule has 5 nitrogen and oxygen atoms in total. The number of hydrogen-bond acceptors (Lipinski definition) is 4. The highest BCUT2D eigenvalue weighted by molar-refractivity contribution is 5.67. The van der Waals surface area contributed by atoms with E-state index in [9.17, 15) is 18.0 Å². The Morgan fingerprint density at radius 3 is 2.48 bits per heavy atom. The maximum atomic E-state index is 13.6. The van der Waals surface area contributed by atoms with Gasteiger partial charge in [-0.2, -0.15) is 8.78 Å². The van der Waals surface area contributed by atoms with Gasteiger partial charge in [0.15, 0.2) is 11.6 Å². The van der Waals surface area contributed by atoms with Crippen molar-refractivity contribution in [1.82, 2.24) is 5.32 Å². The van der Waals surface area contributed by atoms with E-state index in [-0.39, 0.29) is 12.6 Å². The van der Waals surface area contributed by atoms with Crippen LogP contribution in [-0.4, -0.2) is 30.9 Å². The fourth-order valence-corrected chi connectivity index (χ4v) is 1.67. The minimum absolute atomic E-state index is 0.233. The SMILES string of the molecule is CC(CNC(=O)OC(C)(C)C)Nc1ccc(OC(F)F)c(F)c1. The van der Waals surface area contributed by atoms with Crippen molar-refractivity contribution in [1.29, 1.82) is 0 Å². The maximum absolute atomic E-state index is 13.6. The fraction of sp³-hybridized carbons (Fsp3) is 0.533. The van der Waals surface area contributed by atoms with E-state index in [0.717, 1.165) is 12.1 Å². The molecule has 130 valence electrons. The predicted molar refractivity (Wildman–Crippen MR) is 80.4 cm³/mol. The van der Waals surface area contributed by atoms with Crippen molar-refractivity contribution in [3.8, 4) is 5.75 Å². The van der Waals surface area contributed by atoms with Crippen LogP contribution in [0.25, 0.3) is 0 Å². The largest absolute Gasteiger partial charge is 0.444 e. The molecule has 0 aromatic heterocycles. The van der Waals surface area contributed by atoms with Crippen molar-refractivity contribution in [2.24, 2.45) is 0 Å². The number of rotatable bonds is 6. The number of alkyl carbamates (subject to hydrolysis) is 1. The molecule has 0 aliphatic heterocycles. The fourth-order valence-electron chi connectivity index (χ4n) is 1.67. The van der Waals surface area contributed by atoms with Gasteiger partial charge in [-0.1, -0.05) is 0 Å². The third kappa shape index (κ3) is 7.62. The second kappa shape index (κ2) is 7.94. The van der Waals surface area contributed by atoms with Gasteiger partial charge in [0.2, 0.25) is 0 Å². The van der Waals surface area contributed by atoms with Crippen molar-refractivity contribution < 1.29 is 27.4 Å². The molecule has 1 aromatic rings. The van der Waals surface area contributed by atoms with E-state index >= 15 is 0 Å². The first kappa shape index (κ1) is 18.9. The number of anilines is 1. The standard InChI is InChI=1S/C15H21F3N2O3/c1-9(8-19-14(21)23-15(2,3)4)20-10-5-6-12(11(16)7-10)22-13(17)18/h5-7,9,13,20H,8H2,1-4H3,(H,19,21). The molecule has 23 heavy (non-hydrogen) atoms. The number of ether oxygens (including phenoxy) is 2. The average molecular weight is 334 g/mol. The molecular formula is C15H21F3N2O3. The van der Waals surface area contributed by atoms with Gasteiger partial charge in [0.05, 0.1) is 0 Å². The van der Waals surface area contributed by atoms with Crippen molar-refractivity contribution in [3.05, 3.63) is 24.0 Å². The van der Waals surface area contributed by atoms with Gasteiger partial charge in [0.1, 0.15) is 5.60 Å². The molecule has 1 aromatic carbocycles. The first-order valence-corrected chi connectivity index (χ1v) is 7.04.